The van der Waals surface area contributed by atoms with Gasteiger partial charge in [0.1, 0.15) is 11.8 Å². The number of carboxylic acids is 1. The Hall–Kier alpha value is -3.66. The zero-order chi connectivity index (χ0) is 27.4. The Morgan fingerprint density at radius 1 is 1.21 bits per heavy atom. The van der Waals surface area contributed by atoms with Crippen LogP contribution in [0, 0.1) is 12.8 Å². The van der Waals surface area contributed by atoms with Crippen LogP contribution in [0.5, 0.6) is 0 Å². The molecule has 10 heteroatoms. The summed E-state index contributed by atoms with van der Waals surface area (Å²) in [5.41, 5.74) is 7.81. The molecule has 0 radical (unpaired) electrons. The number of urea groups is 1. The standard InChI is InChI=1S/C28H37N5O5/c1-16(2)13-21(29)26(34)33(28(37)31-19-9-5-4-6-10-19)23(25-32-24(27(35)36)17(3)38-25)14-18-15-30-22-12-8-7-11-20(18)22/h7-8,11-12,15-16,19,21,23,30H,4-6,9-10,13-14,29H2,1-3H3,(H,31,37)(H,35,36)/t21-,23+/m0/s1. The smallest absolute Gasteiger partial charge is 0.358 e. The van der Waals surface area contributed by atoms with Crippen LogP contribution in [0.25, 0.3) is 10.9 Å². The number of imide groups is 1. The first-order valence-electron chi connectivity index (χ1n) is 13.3. The monoisotopic (exact) mass is 523 g/mol. The van der Waals surface area contributed by atoms with Crippen LogP contribution in [0.4, 0.5) is 4.79 Å². The fraction of sp³-hybridized carbons (Fsp3) is 0.500. The summed E-state index contributed by atoms with van der Waals surface area (Å²) in [5.74, 6) is -1.59. The van der Waals surface area contributed by atoms with Gasteiger partial charge in [-0.3, -0.25) is 9.69 Å². The number of aryl methyl sites for hydroxylation is 1. The van der Waals surface area contributed by atoms with Crippen LogP contribution in [-0.4, -0.2) is 50.0 Å². The lowest BCUT2D eigenvalue weighted by Crippen LogP contribution is -2.54. The van der Waals surface area contributed by atoms with Crippen molar-refractivity contribution in [3.8, 4) is 0 Å². The van der Waals surface area contributed by atoms with Gasteiger partial charge in [-0.25, -0.2) is 14.6 Å². The third kappa shape index (κ3) is 6.07. The maximum Gasteiger partial charge on any atom is 0.358 e. The van der Waals surface area contributed by atoms with E-state index in [1.165, 1.54) is 6.92 Å². The molecule has 10 nitrogen and oxygen atoms in total. The molecule has 38 heavy (non-hydrogen) atoms. The molecule has 0 unspecified atom stereocenters. The zero-order valence-electron chi connectivity index (χ0n) is 22.2. The number of aromatic amines is 1. The van der Waals surface area contributed by atoms with Crippen molar-refractivity contribution in [2.45, 2.75) is 83.8 Å². The lowest BCUT2D eigenvalue weighted by Gasteiger charge is -2.33. The normalized spacial score (nSPS) is 15.9. The minimum atomic E-state index is -1.25. The minimum absolute atomic E-state index is 0.0194. The van der Waals surface area contributed by atoms with Crippen LogP contribution in [0.15, 0.2) is 34.9 Å². The molecule has 2 aromatic heterocycles. The number of nitrogens with zero attached hydrogens (tertiary/aromatic N) is 2. The molecule has 1 saturated carbocycles. The second-order valence-electron chi connectivity index (χ2n) is 10.6. The number of carbonyl (C=O) groups is 3. The second-order valence-corrected chi connectivity index (χ2v) is 10.6. The van der Waals surface area contributed by atoms with Gasteiger partial charge in [0.2, 0.25) is 11.8 Å². The van der Waals surface area contributed by atoms with Crippen molar-refractivity contribution in [3.05, 3.63) is 53.4 Å². The molecular weight excluding hydrogens is 486 g/mol. The van der Waals surface area contributed by atoms with Crippen LogP contribution in [-0.2, 0) is 11.2 Å². The highest BCUT2D eigenvalue weighted by Crippen LogP contribution is 2.31. The van der Waals surface area contributed by atoms with Gasteiger partial charge in [-0.2, -0.15) is 0 Å². The number of para-hydroxylation sites is 1. The molecule has 2 atom stereocenters. The maximum atomic E-state index is 13.8. The van der Waals surface area contributed by atoms with Gasteiger partial charge in [-0.05, 0) is 43.7 Å². The molecule has 3 aromatic rings. The molecule has 0 spiro atoms. The van der Waals surface area contributed by atoms with Crippen LogP contribution in [0.2, 0.25) is 0 Å². The fourth-order valence-corrected chi connectivity index (χ4v) is 5.23. The molecule has 3 amide bonds. The topological polar surface area (TPSA) is 155 Å². The molecule has 0 bridgehead atoms. The number of nitrogens with two attached hydrogens (primary N) is 1. The van der Waals surface area contributed by atoms with E-state index in [0.717, 1.165) is 53.5 Å². The summed E-state index contributed by atoms with van der Waals surface area (Å²) in [6.45, 7) is 5.42. The number of amides is 3. The van der Waals surface area contributed by atoms with E-state index >= 15 is 0 Å². The molecule has 0 aliphatic heterocycles. The summed E-state index contributed by atoms with van der Waals surface area (Å²) in [5, 5.41) is 13.6. The number of H-pyrrole nitrogens is 1. The minimum Gasteiger partial charge on any atom is -0.476 e. The van der Waals surface area contributed by atoms with Crippen LogP contribution < -0.4 is 11.1 Å². The third-order valence-electron chi connectivity index (χ3n) is 7.13. The summed E-state index contributed by atoms with van der Waals surface area (Å²) in [7, 11) is 0. The first kappa shape index (κ1) is 27.4. The van der Waals surface area contributed by atoms with Crippen LogP contribution >= 0.6 is 0 Å². The predicted molar refractivity (Wildman–Crippen MR) is 143 cm³/mol. The van der Waals surface area contributed by atoms with Gasteiger partial charge < -0.3 is 25.6 Å². The molecule has 1 aliphatic rings. The number of oxazole rings is 1. The third-order valence-corrected chi connectivity index (χ3v) is 7.13. The highest BCUT2D eigenvalue weighted by atomic mass is 16.4. The number of rotatable bonds is 9. The molecule has 1 aromatic carbocycles. The van der Waals surface area contributed by atoms with E-state index in [1.807, 2.05) is 44.3 Å². The predicted octanol–water partition coefficient (Wildman–Crippen LogP) is 4.69. The van der Waals surface area contributed by atoms with Crippen molar-refractivity contribution >= 4 is 28.8 Å². The Morgan fingerprint density at radius 2 is 1.92 bits per heavy atom. The SMILES string of the molecule is Cc1oc([C@@H](Cc2c[nH]c3ccccc23)N(C(=O)NC2CCCCC2)C(=O)[C@@H](N)CC(C)C)nc1C(=O)O. The number of carbonyl (C=O) groups excluding carboxylic acids is 2. The van der Waals surface area contributed by atoms with E-state index in [-0.39, 0.29) is 35.7 Å². The Kier molecular flexibility index (Phi) is 8.51. The number of aromatic carboxylic acids is 1. The average Bonchev–Trinajstić information content (AvgIpc) is 3.47. The van der Waals surface area contributed by atoms with Gasteiger partial charge in [-0.15, -0.1) is 0 Å². The molecule has 4 rings (SSSR count). The molecule has 5 N–H and O–H groups in total. The van der Waals surface area contributed by atoms with E-state index in [2.05, 4.69) is 15.3 Å². The van der Waals surface area contributed by atoms with Crippen molar-refractivity contribution in [1.29, 1.82) is 0 Å². The summed E-state index contributed by atoms with van der Waals surface area (Å²) in [6.07, 6.45) is 7.17. The van der Waals surface area contributed by atoms with Gasteiger partial charge in [0, 0.05) is 29.6 Å². The lowest BCUT2D eigenvalue weighted by molar-refractivity contribution is -0.132. The Morgan fingerprint density at radius 3 is 2.58 bits per heavy atom. The molecule has 1 aliphatic carbocycles. The summed E-state index contributed by atoms with van der Waals surface area (Å²) < 4.78 is 5.81. The van der Waals surface area contributed by atoms with Gasteiger partial charge in [0.05, 0.1) is 6.04 Å². The Labute approximate surface area is 222 Å². The second kappa shape index (κ2) is 11.8. The first-order valence-corrected chi connectivity index (χ1v) is 13.3. The van der Waals surface area contributed by atoms with Gasteiger partial charge >= 0.3 is 12.0 Å². The van der Waals surface area contributed by atoms with E-state index < -0.39 is 30.0 Å². The summed E-state index contributed by atoms with van der Waals surface area (Å²) >= 11 is 0. The van der Waals surface area contributed by atoms with Crippen LogP contribution in [0.1, 0.15) is 86.1 Å². The molecule has 2 heterocycles. The summed E-state index contributed by atoms with van der Waals surface area (Å²) in [6, 6.07) is 5.14. The number of fused-ring (bicyclic) bond motifs is 1. The van der Waals surface area contributed by atoms with Gasteiger partial charge in [0.15, 0.2) is 5.69 Å². The average molecular weight is 524 g/mol. The van der Waals surface area contributed by atoms with Crippen LogP contribution in [0.3, 0.4) is 0 Å². The lowest BCUT2D eigenvalue weighted by atomic mass is 9.95. The number of nitrogens with one attached hydrogen (secondary N) is 2. The molecular formula is C28H37N5O5. The van der Waals surface area contributed by atoms with E-state index in [1.54, 1.807) is 0 Å². The van der Waals surface area contributed by atoms with Crippen molar-refractivity contribution in [2.75, 3.05) is 0 Å². The first-order chi connectivity index (χ1) is 18.2. The van der Waals surface area contributed by atoms with E-state index in [4.69, 9.17) is 10.2 Å². The van der Waals surface area contributed by atoms with E-state index in [0.29, 0.717) is 6.42 Å². The highest BCUT2D eigenvalue weighted by molar-refractivity contribution is 5.98. The highest BCUT2D eigenvalue weighted by Gasteiger charge is 2.39. The Balaban J connectivity index is 1.78. The number of carboxylic acid groups (broad SMARTS) is 1. The fourth-order valence-electron chi connectivity index (χ4n) is 5.23. The number of hydrogen-bond donors (Lipinski definition) is 4. The Bertz CT molecular complexity index is 1290. The number of hydrogen-bond acceptors (Lipinski definition) is 6. The van der Waals surface area contributed by atoms with Crippen molar-refractivity contribution in [2.24, 2.45) is 11.7 Å². The maximum absolute atomic E-state index is 13.8. The molecule has 204 valence electrons. The van der Waals surface area contributed by atoms with E-state index in [9.17, 15) is 19.5 Å². The van der Waals surface area contributed by atoms with Crippen molar-refractivity contribution in [3.63, 3.8) is 0 Å². The quantitative estimate of drug-likeness (QED) is 0.317. The number of benzene rings is 1. The zero-order valence-corrected chi connectivity index (χ0v) is 22.2. The van der Waals surface area contributed by atoms with Crippen molar-refractivity contribution < 1.29 is 23.9 Å². The van der Waals surface area contributed by atoms with Gasteiger partial charge in [0.25, 0.3) is 0 Å². The molecule has 1 fully saturated rings. The van der Waals surface area contributed by atoms with Crippen molar-refractivity contribution in [1.82, 2.24) is 20.2 Å². The number of aromatic nitrogens is 2. The largest absolute Gasteiger partial charge is 0.476 e. The van der Waals surface area contributed by atoms with Gasteiger partial charge in [-0.1, -0.05) is 51.3 Å². The summed E-state index contributed by atoms with van der Waals surface area (Å²) in [4.78, 5) is 48.0. The molecule has 0 saturated heterocycles.